The van der Waals surface area contributed by atoms with Gasteiger partial charge in [-0.25, -0.2) is 10.6 Å². The third-order valence-electron chi connectivity index (χ3n) is 12.6. The molecule has 0 unspecified atom stereocenters. The van der Waals surface area contributed by atoms with E-state index in [0.29, 0.717) is 39.2 Å². The van der Waals surface area contributed by atoms with Gasteiger partial charge in [0.25, 0.3) is 17.7 Å². The van der Waals surface area contributed by atoms with Crippen LogP contribution in [0.2, 0.25) is 0 Å². The van der Waals surface area contributed by atoms with Crippen LogP contribution in [-0.2, 0) is 5.54 Å². The highest BCUT2D eigenvalue weighted by Crippen LogP contribution is 2.57. The summed E-state index contributed by atoms with van der Waals surface area (Å²) in [5.74, 6) is 7.05. The Morgan fingerprint density at radius 1 is 0.617 bits per heavy atom. The lowest BCUT2D eigenvalue weighted by atomic mass is 9.75. The van der Waals surface area contributed by atoms with Crippen LogP contribution in [0.15, 0.2) is 88.1 Å². The molecule has 312 valence electrons. The molecule has 8 rings (SSSR count). The van der Waals surface area contributed by atoms with Gasteiger partial charge >= 0.3 is 5.63 Å². The van der Waals surface area contributed by atoms with Gasteiger partial charge in [0, 0.05) is 134 Å². The fraction of sp³-hybridized carbons (Fsp3) is 0.362. The largest absolute Gasteiger partial charge is 0.456 e. The van der Waals surface area contributed by atoms with Crippen LogP contribution in [0.25, 0.3) is 11.0 Å². The molecule has 4 heterocycles. The van der Waals surface area contributed by atoms with E-state index in [0.717, 1.165) is 67.5 Å². The van der Waals surface area contributed by atoms with Gasteiger partial charge in [-0.2, -0.15) is 0 Å². The molecule has 4 aromatic carbocycles. The van der Waals surface area contributed by atoms with Gasteiger partial charge < -0.3 is 33.7 Å². The van der Waals surface area contributed by atoms with Crippen LogP contribution in [0.5, 0.6) is 11.5 Å². The fourth-order valence-electron chi connectivity index (χ4n) is 9.25. The zero-order valence-corrected chi connectivity index (χ0v) is 35.3. The van der Waals surface area contributed by atoms with E-state index in [-0.39, 0.29) is 37.6 Å². The minimum atomic E-state index is -1.21. The zero-order valence-electron chi connectivity index (χ0n) is 35.3. The SMILES string of the molecule is CCN(CC)c1ccc2c(c1)Oc1cc(N(CC)CC)ccc1C21c2ccc(C(=O)N3CCN(C(=O)c4cc5ccc(N(CC)CC)cc5oc4=O)CC3)cc2C(=O)N1N. The third-order valence-corrected chi connectivity index (χ3v) is 12.6. The number of benzene rings is 4. The standard InChI is InChI=1S/C47H53N7O6/c1-7-49(8-2)32-15-13-30-25-36(46(58)60-40(30)27-32)44(56)53-23-21-52(22-24-53)43(55)31-14-18-37-35(26-31)45(57)54(48)47(37)38-19-16-33(50(9-3)10-4)28-41(38)59-42-29-34(17-20-39(42)47)51(11-5)12-6/h13-20,25-29H,7-12,21-24,48H2,1-6H3. The van der Waals surface area contributed by atoms with Crippen LogP contribution < -0.4 is 30.9 Å². The van der Waals surface area contributed by atoms with E-state index in [1.165, 1.54) is 5.01 Å². The minimum Gasteiger partial charge on any atom is -0.456 e. The molecule has 1 fully saturated rings. The fourth-order valence-corrected chi connectivity index (χ4v) is 9.25. The number of ether oxygens (including phenoxy) is 1. The number of nitrogens with zero attached hydrogens (tertiary/aromatic N) is 6. The second kappa shape index (κ2) is 16.0. The number of hydrazine groups is 1. The Bertz CT molecular complexity index is 2490. The van der Waals surface area contributed by atoms with Crippen molar-refractivity contribution in [1.82, 2.24) is 14.8 Å². The van der Waals surface area contributed by atoms with Crippen LogP contribution in [0.4, 0.5) is 17.1 Å². The number of anilines is 3. The Kier molecular flexibility index (Phi) is 10.8. The van der Waals surface area contributed by atoms with Gasteiger partial charge in [0.15, 0.2) is 0 Å². The third kappa shape index (κ3) is 6.42. The molecular weight excluding hydrogens is 759 g/mol. The number of amides is 3. The maximum Gasteiger partial charge on any atom is 0.349 e. The maximum absolute atomic E-state index is 14.4. The van der Waals surface area contributed by atoms with Gasteiger partial charge in [-0.1, -0.05) is 18.2 Å². The smallest absolute Gasteiger partial charge is 0.349 e. The summed E-state index contributed by atoms with van der Waals surface area (Å²) in [6.07, 6.45) is 0. The molecule has 1 spiro atoms. The predicted octanol–water partition coefficient (Wildman–Crippen LogP) is 6.66. The average molecular weight is 812 g/mol. The molecule has 0 saturated carbocycles. The van der Waals surface area contributed by atoms with Crippen molar-refractivity contribution in [3.05, 3.63) is 123 Å². The molecule has 3 aliphatic rings. The van der Waals surface area contributed by atoms with Crippen LogP contribution in [0.3, 0.4) is 0 Å². The summed E-state index contributed by atoms with van der Waals surface area (Å²) in [5, 5.41) is 1.95. The number of carbonyl (C=O) groups is 3. The molecule has 3 amide bonds. The topological polar surface area (TPSA) is 136 Å². The predicted molar refractivity (Wildman–Crippen MR) is 235 cm³/mol. The monoisotopic (exact) mass is 811 g/mol. The summed E-state index contributed by atoms with van der Waals surface area (Å²) < 4.78 is 12.3. The summed E-state index contributed by atoms with van der Waals surface area (Å²) in [7, 11) is 0. The van der Waals surface area contributed by atoms with Gasteiger partial charge in [0.1, 0.15) is 28.2 Å². The first-order chi connectivity index (χ1) is 29.0. The number of piperazine rings is 1. The van der Waals surface area contributed by atoms with Crippen LogP contribution in [0.1, 0.15) is 89.3 Å². The number of hydrogen-bond donors (Lipinski definition) is 1. The molecule has 0 bridgehead atoms. The van der Waals surface area contributed by atoms with Crippen molar-refractivity contribution < 1.29 is 23.5 Å². The average Bonchev–Trinajstić information content (AvgIpc) is 3.49. The van der Waals surface area contributed by atoms with E-state index in [1.54, 1.807) is 28.0 Å². The molecule has 13 nitrogen and oxygen atoms in total. The number of hydrogen-bond acceptors (Lipinski definition) is 10. The molecule has 3 aliphatic heterocycles. The van der Waals surface area contributed by atoms with Gasteiger partial charge in [-0.15, -0.1) is 0 Å². The lowest BCUT2D eigenvalue weighted by Crippen LogP contribution is -2.51. The molecule has 60 heavy (non-hydrogen) atoms. The highest BCUT2D eigenvalue weighted by atomic mass is 16.5. The summed E-state index contributed by atoms with van der Waals surface area (Å²) >= 11 is 0. The molecular formula is C47H53N7O6. The number of fused-ring (bicyclic) bond motifs is 7. The Hall–Kier alpha value is -6.34. The summed E-state index contributed by atoms with van der Waals surface area (Å²) in [5.41, 5.74) is 4.23. The molecule has 0 aliphatic carbocycles. The highest BCUT2D eigenvalue weighted by molar-refractivity contribution is 6.05. The zero-order chi connectivity index (χ0) is 42.5. The van der Waals surface area contributed by atoms with E-state index in [1.807, 2.05) is 60.7 Å². The Balaban J connectivity index is 1.07. The lowest BCUT2D eigenvalue weighted by Gasteiger charge is -2.42. The van der Waals surface area contributed by atoms with Crippen molar-refractivity contribution in [3.8, 4) is 11.5 Å². The van der Waals surface area contributed by atoms with E-state index in [4.69, 9.17) is 15.0 Å². The molecule has 2 N–H and O–H groups in total. The van der Waals surface area contributed by atoms with Crippen molar-refractivity contribution in [1.29, 1.82) is 0 Å². The molecule has 5 aromatic rings. The maximum atomic E-state index is 14.4. The first-order valence-electron chi connectivity index (χ1n) is 21.1. The van der Waals surface area contributed by atoms with Gasteiger partial charge in [-0.3, -0.25) is 19.4 Å². The van der Waals surface area contributed by atoms with Gasteiger partial charge in [0.05, 0.1) is 0 Å². The first-order valence-corrected chi connectivity index (χ1v) is 21.1. The Morgan fingerprint density at radius 2 is 1.10 bits per heavy atom. The molecule has 13 heteroatoms. The van der Waals surface area contributed by atoms with E-state index < -0.39 is 23.0 Å². The Labute approximate surface area is 350 Å². The molecule has 1 aromatic heterocycles. The van der Waals surface area contributed by atoms with E-state index >= 15 is 0 Å². The summed E-state index contributed by atoms with van der Waals surface area (Å²) in [4.78, 5) is 65.1. The van der Waals surface area contributed by atoms with Crippen LogP contribution >= 0.6 is 0 Å². The van der Waals surface area contributed by atoms with Crippen molar-refractivity contribution in [2.75, 3.05) is 80.1 Å². The van der Waals surface area contributed by atoms with E-state index in [9.17, 15) is 19.2 Å². The lowest BCUT2D eigenvalue weighted by molar-refractivity contribution is 0.0533. The molecule has 0 atom stereocenters. The van der Waals surface area contributed by atoms with Gasteiger partial charge in [-0.05, 0) is 84.0 Å². The number of carbonyl (C=O) groups excluding carboxylic acids is 3. The second-order valence-corrected chi connectivity index (χ2v) is 15.4. The van der Waals surface area contributed by atoms with Gasteiger partial charge in [0.2, 0.25) is 0 Å². The van der Waals surface area contributed by atoms with E-state index in [2.05, 4.69) is 56.2 Å². The normalized spacial score (nSPS) is 15.1. The van der Waals surface area contributed by atoms with Crippen molar-refractivity contribution in [2.24, 2.45) is 5.84 Å². The van der Waals surface area contributed by atoms with Crippen LogP contribution in [0, 0.1) is 0 Å². The van der Waals surface area contributed by atoms with Crippen molar-refractivity contribution in [2.45, 2.75) is 47.1 Å². The minimum absolute atomic E-state index is 0.0416. The Morgan fingerprint density at radius 3 is 1.63 bits per heavy atom. The first kappa shape index (κ1) is 40.4. The highest BCUT2D eigenvalue weighted by Gasteiger charge is 2.56. The summed E-state index contributed by atoms with van der Waals surface area (Å²) in [6.45, 7) is 18.4. The van der Waals surface area contributed by atoms with Crippen molar-refractivity contribution in [3.63, 3.8) is 0 Å². The second-order valence-electron chi connectivity index (χ2n) is 15.4. The number of rotatable bonds is 11. The number of nitrogens with two attached hydrogens (primary N) is 1. The summed E-state index contributed by atoms with van der Waals surface area (Å²) in [6, 6.07) is 24.6. The molecule has 0 radical (unpaired) electrons. The van der Waals surface area contributed by atoms with Crippen molar-refractivity contribution >= 4 is 45.8 Å². The quantitative estimate of drug-likeness (QED) is 0.0877. The molecule has 1 saturated heterocycles. The van der Waals surface area contributed by atoms with Crippen LogP contribution in [-0.4, -0.2) is 98.0 Å².